The summed E-state index contributed by atoms with van der Waals surface area (Å²) in [6, 6.07) is 6.78. The first-order valence-corrected chi connectivity index (χ1v) is 9.27. The van der Waals surface area contributed by atoms with Gasteiger partial charge in [-0.25, -0.2) is 4.79 Å². The van der Waals surface area contributed by atoms with Crippen molar-refractivity contribution in [1.82, 2.24) is 15.5 Å². The van der Waals surface area contributed by atoms with Crippen LogP contribution < -0.4 is 20.7 Å². The topological polar surface area (TPSA) is 99.8 Å². The Kier molecular flexibility index (Phi) is 8.06. The van der Waals surface area contributed by atoms with E-state index in [1.54, 1.807) is 23.1 Å². The molecule has 8 heteroatoms. The quantitative estimate of drug-likeness (QED) is 0.642. The lowest BCUT2D eigenvalue weighted by atomic mass is 10.2. The maximum Gasteiger partial charge on any atom is 0.321 e. The largest absolute Gasteiger partial charge is 0.495 e. The highest BCUT2D eigenvalue weighted by Crippen LogP contribution is 2.22. The van der Waals surface area contributed by atoms with Crippen LogP contribution in [0.1, 0.15) is 32.6 Å². The number of amides is 4. The van der Waals surface area contributed by atoms with Gasteiger partial charge in [0.15, 0.2) is 0 Å². The zero-order valence-corrected chi connectivity index (χ0v) is 15.9. The van der Waals surface area contributed by atoms with Crippen molar-refractivity contribution < 1.29 is 19.1 Å². The standard InChI is InChI=1S/C19H28N4O4/c1-3-23(12-17(24)21-15-10-6-7-11-16(15)27-2)13-18(25)22-19(26)20-14-8-4-5-9-14/h6-7,10-11,14H,3-5,8-9,12-13H2,1-2H3,(H,21,24)(H2,20,22,25,26). The number of ether oxygens (including phenoxy) is 1. The van der Waals surface area contributed by atoms with Gasteiger partial charge in [-0.2, -0.15) is 0 Å². The highest BCUT2D eigenvalue weighted by Gasteiger charge is 2.19. The lowest BCUT2D eigenvalue weighted by molar-refractivity contribution is -0.122. The first kappa shape index (κ1) is 20.7. The first-order valence-electron chi connectivity index (χ1n) is 9.27. The van der Waals surface area contributed by atoms with Gasteiger partial charge < -0.3 is 15.4 Å². The summed E-state index contributed by atoms with van der Waals surface area (Å²) >= 11 is 0. The SMILES string of the molecule is CCN(CC(=O)NC(=O)NC1CCCC1)CC(=O)Nc1ccccc1OC. The molecule has 0 radical (unpaired) electrons. The van der Waals surface area contributed by atoms with Crippen LogP contribution in [0.2, 0.25) is 0 Å². The van der Waals surface area contributed by atoms with Gasteiger partial charge in [0, 0.05) is 6.04 Å². The van der Waals surface area contributed by atoms with E-state index in [1.165, 1.54) is 7.11 Å². The minimum absolute atomic E-state index is 0.0338. The van der Waals surface area contributed by atoms with Crippen molar-refractivity contribution in [2.24, 2.45) is 0 Å². The molecule has 8 nitrogen and oxygen atoms in total. The molecule has 2 rings (SSSR count). The molecule has 1 aromatic rings. The zero-order valence-electron chi connectivity index (χ0n) is 15.9. The van der Waals surface area contributed by atoms with E-state index in [2.05, 4.69) is 16.0 Å². The maximum absolute atomic E-state index is 12.3. The molecule has 0 unspecified atom stereocenters. The van der Waals surface area contributed by atoms with E-state index >= 15 is 0 Å². The molecule has 1 aliphatic rings. The predicted molar refractivity (Wildman–Crippen MR) is 103 cm³/mol. The molecule has 0 atom stereocenters. The summed E-state index contributed by atoms with van der Waals surface area (Å²) in [5, 5.41) is 7.91. The third-order valence-corrected chi connectivity index (χ3v) is 4.51. The molecule has 0 spiro atoms. The van der Waals surface area contributed by atoms with E-state index in [4.69, 9.17) is 4.74 Å². The number of para-hydroxylation sites is 2. The molecule has 1 fully saturated rings. The van der Waals surface area contributed by atoms with Crippen molar-refractivity contribution in [2.75, 3.05) is 32.1 Å². The fraction of sp³-hybridized carbons (Fsp3) is 0.526. The number of carbonyl (C=O) groups excluding carboxylic acids is 3. The molecule has 0 saturated heterocycles. The van der Waals surface area contributed by atoms with E-state index < -0.39 is 11.9 Å². The molecule has 148 valence electrons. The second-order valence-corrected chi connectivity index (χ2v) is 6.55. The van der Waals surface area contributed by atoms with E-state index in [0.717, 1.165) is 25.7 Å². The number of hydrogen-bond acceptors (Lipinski definition) is 5. The van der Waals surface area contributed by atoms with Crippen LogP contribution in [0, 0.1) is 0 Å². The van der Waals surface area contributed by atoms with Crippen LogP contribution in [0.4, 0.5) is 10.5 Å². The van der Waals surface area contributed by atoms with Crippen LogP contribution in [0.5, 0.6) is 5.75 Å². The molecule has 0 aliphatic heterocycles. The fourth-order valence-electron chi connectivity index (χ4n) is 3.08. The van der Waals surface area contributed by atoms with Gasteiger partial charge in [-0.15, -0.1) is 0 Å². The molecule has 4 amide bonds. The smallest absolute Gasteiger partial charge is 0.321 e. The fourth-order valence-corrected chi connectivity index (χ4v) is 3.08. The minimum Gasteiger partial charge on any atom is -0.495 e. The van der Waals surface area contributed by atoms with E-state index in [-0.39, 0.29) is 25.0 Å². The lowest BCUT2D eigenvalue weighted by Crippen LogP contribution is -2.48. The van der Waals surface area contributed by atoms with Crippen molar-refractivity contribution in [3.63, 3.8) is 0 Å². The Labute approximate surface area is 159 Å². The van der Waals surface area contributed by atoms with E-state index in [0.29, 0.717) is 18.0 Å². The highest BCUT2D eigenvalue weighted by atomic mass is 16.5. The number of anilines is 1. The summed E-state index contributed by atoms with van der Waals surface area (Å²) in [6.45, 7) is 2.35. The predicted octanol–water partition coefficient (Wildman–Crippen LogP) is 1.72. The van der Waals surface area contributed by atoms with Crippen LogP contribution in [0.25, 0.3) is 0 Å². The van der Waals surface area contributed by atoms with Gasteiger partial charge in [0.05, 0.1) is 25.9 Å². The van der Waals surface area contributed by atoms with Crippen LogP contribution in [-0.4, -0.2) is 55.5 Å². The maximum atomic E-state index is 12.3. The summed E-state index contributed by atoms with van der Waals surface area (Å²) in [6.07, 6.45) is 4.10. The number of rotatable bonds is 8. The molecule has 1 aliphatic carbocycles. The number of imide groups is 1. The molecule has 1 aromatic carbocycles. The van der Waals surface area contributed by atoms with Crippen molar-refractivity contribution >= 4 is 23.5 Å². The zero-order chi connectivity index (χ0) is 19.6. The molecular formula is C19H28N4O4. The van der Waals surface area contributed by atoms with Crippen LogP contribution >= 0.6 is 0 Å². The van der Waals surface area contributed by atoms with Gasteiger partial charge in [-0.1, -0.05) is 31.9 Å². The van der Waals surface area contributed by atoms with Crippen LogP contribution in [0.3, 0.4) is 0 Å². The number of urea groups is 1. The van der Waals surface area contributed by atoms with Crippen molar-refractivity contribution in [2.45, 2.75) is 38.6 Å². The lowest BCUT2D eigenvalue weighted by Gasteiger charge is -2.20. The average molecular weight is 376 g/mol. The highest BCUT2D eigenvalue weighted by molar-refractivity contribution is 5.96. The van der Waals surface area contributed by atoms with Crippen molar-refractivity contribution in [3.8, 4) is 5.75 Å². The Morgan fingerprint density at radius 3 is 2.44 bits per heavy atom. The van der Waals surface area contributed by atoms with Gasteiger partial charge >= 0.3 is 6.03 Å². The number of hydrogen-bond donors (Lipinski definition) is 3. The number of nitrogens with one attached hydrogen (secondary N) is 3. The van der Waals surface area contributed by atoms with Crippen molar-refractivity contribution in [1.29, 1.82) is 0 Å². The summed E-state index contributed by atoms with van der Waals surface area (Å²) in [5.41, 5.74) is 0.571. The third-order valence-electron chi connectivity index (χ3n) is 4.51. The van der Waals surface area contributed by atoms with Crippen molar-refractivity contribution in [3.05, 3.63) is 24.3 Å². The molecule has 0 aromatic heterocycles. The van der Waals surface area contributed by atoms with E-state index in [1.807, 2.05) is 13.0 Å². The van der Waals surface area contributed by atoms with Gasteiger partial charge in [-0.3, -0.25) is 19.8 Å². The summed E-state index contributed by atoms with van der Waals surface area (Å²) in [5.74, 6) is -0.128. The number of likely N-dealkylation sites (N-methyl/N-ethyl adjacent to an activating group) is 1. The molecule has 0 bridgehead atoms. The monoisotopic (exact) mass is 376 g/mol. The molecule has 3 N–H and O–H groups in total. The van der Waals surface area contributed by atoms with Gasteiger partial charge in [0.1, 0.15) is 5.75 Å². The number of methoxy groups -OCH3 is 1. The molecule has 1 saturated carbocycles. The molecule has 0 heterocycles. The van der Waals surface area contributed by atoms with Gasteiger partial charge in [0.2, 0.25) is 11.8 Å². The Bertz CT molecular complexity index is 659. The minimum atomic E-state index is -0.471. The summed E-state index contributed by atoms with van der Waals surface area (Å²) < 4.78 is 5.20. The Balaban J connectivity index is 1.78. The summed E-state index contributed by atoms with van der Waals surface area (Å²) in [7, 11) is 1.53. The van der Waals surface area contributed by atoms with E-state index in [9.17, 15) is 14.4 Å². The number of nitrogens with zero attached hydrogens (tertiary/aromatic N) is 1. The molecular weight excluding hydrogens is 348 g/mol. The van der Waals surface area contributed by atoms with Crippen LogP contribution in [-0.2, 0) is 9.59 Å². The van der Waals surface area contributed by atoms with Gasteiger partial charge in [-0.05, 0) is 31.5 Å². The second-order valence-electron chi connectivity index (χ2n) is 6.55. The van der Waals surface area contributed by atoms with Crippen LogP contribution in [0.15, 0.2) is 24.3 Å². The second kappa shape index (κ2) is 10.5. The Hall–Kier alpha value is -2.61. The number of carbonyl (C=O) groups is 3. The van der Waals surface area contributed by atoms with Gasteiger partial charge in [0.25, 0.3) is 0 Å². The Morgan fingerprint density at radius 2 is 1.78 bits per heavy atom. The molecule has 27 heavy (non-hydrogen) atoms. The summed E-state index contributed by atoms with van der Waals surface area (Å²) in [4.78, 5) is 37.9. The number of benzene rings is 1. The average Bonchev–Trinajstić information content (AvgIpc) is 3.14. The first-order chi connectivity index (χ1) is 13.0. The Morgan fingerprint density at radius 1 is 1.11 bits per heavy atom. The normalized spacial score (nSPS) is 14.0. The third kappa shape index (κ3) is 6.90.